The van der Waals surface area contributed by atoms with Crippen molar-refractivity contribution in [2.24, 2.45) is 11.8 Å². The molecule has 3 aromatic rings. The van der Waals surface area contributed by atoms with Crippen LogP contribution in [0, 0.1) is 11.8 Å². The third kappa shape index (κ3) is 16.8. The number of esters is 2. The molecular weight excluding hydrogens is 1170 g/mol. The minimum Gasteiger partial charge on any atom is -0.497 e. The molecule has 3 aliphatic rings. The molecule has 0 aliphatic carbocycles. The highest BCUT2D eigenvalue weighted by Gasteiger charge is 2.53. The maximum atomic E-state index is 14.5. The first-order valence-corrected chi connectivity index (χ1v) is 37.1. The van der Waals surface area contributed by atoms with Crippen molar-refractivity contribution in [2.45, 2.75) is 195 Å². The second kappa shape index (κ2) is 27.5. The normalized spacial score (nSPS) is 25.0. The number of hydrogen-bond acceptors (Lipinski definition) is 14. The predicted molar refractivity (Wildman–Crippen MR) is 323 cm³/mol. The number of benzene rings is 3. The van der Waals surface area contributed by atoms with Crippen molar-refractivity contribution in [3.8, 4) is 11.5 Å². The minimum absolute atomic E-state index is 0.0375. The predicted octanol–water partition coefficient (Wildman–Crippen LogP) is 13.0. The van der Waals surface area contributed by atoms with E-state index in [0.717, 1.165) is 30.1 Å². The molecule has 11 atom stereocenters. The van der Waals surface area contributed by atoms with Crippen molar-refractivity contribution < 1.29 is 64.8 Å². The van der Waals surface area contributed by atoms with Crippen molar-refractivity contribution in [3.05, 3.63) is 102 Å². The van der Waals surface area contributed by atoms with E-state index in [2.05, 4.69) is 104 Å². The van der Waals surface area contributed by atoms with Crippen molar-refractivity contribution in [1.29, 1.82) is 0 Å². The summed E-state index contributed by atoms with van der Waals surface area (Å²) in [5.74, 6) is -0.789. The molecule has 6 rings (SSSR count). The Hall–Kier alpha value is -3.19. The van der Waals surface area contributed by atoms with Gasteiger partial charge >= 0.3 is 11.9 Å². The van der Waals surface area contributed by atoms with Crippen LogP contribution in [0.25, 0.3) is 0 Å². The number of sulfone groups is 1. The van der Waals surface area contributed by atoms with E-state index >= 15 is 0 Å². The summed E-state index contributed by atoms with van der Waals surface area (Å²) >= 11 is 2.41. The summed E-state index contributed by atoms with van der Waals surface area (Å²) in [5, 5.41) is -0.135. The standard InChI is InChI=1S/C61H91IO14SSi2/c1-41(34-47-31-32-55-61(40-62,75-47)37-48(72-55)20-19-33-70-57(63)43-23-27-45(67-9)28-24-43)42(2)52(74-58(64)44-25-29-46(68-10)30-26-44)36-53-51(39-77(65,66)50-21-17-16-18-22-50)56(69-11)54(73-53)35-49(76-79(14,15)60(6,7)8)38-71-78(12,13)59(3,4)5/h16-18,21-30,41,47-49,51-56H,2,19-20,31-40H2,1,3-15H3/t41-,47?,48+,49?,51+,52-,53+,54-,55+,56-,61-/m1/s1. The van der Waals surface area contributed by atoms with Crippen LogP contribution in [-0.2, 0) is 47.1 Å². The minimum atomic E-state index is -3.87. The number of carbonyl (C=O) groups excluding carboxylic acids is 2. The zero-order chi connectivity index (χ0) is 58.1. The van der Waals surface area contributed by atoms with Gasteiger partial charge in [0.15, 0.2) is 26.5 Å². The maximum Gasteiger partial charge on any atom is 0.338 e. The fraction of sp³-hybridized carbons (Fsp3) is 0.639. The number of hydrogen-bond donors (Lipinski definition) is 0. The number of methoxy groups -OCH3 is 3. The molecule has 0 spiro atoms. The first kappa shape index (κ1) is 65.0. The Labute approximate surface area is 488 Å². The van der Waals surface area contributed by atoms with Gasteiger partial charge in [0.1, 0.15) is 23.2 Å². The quantitative estimate of drug-likeness (QED) is 0.0177. The van der Waals surface area contributed by atoms with Crippen molar-refractivity contribution >= 4 is 61.0 Å². The van der Waals surface area contributed by atoms with Crippen molar-refractivity contribution in [2.75, 3.05) is 44.7 Å². The van der Waals surface area contributed by atoms with Gasteiger partial charge in [0.2, 0.25) is 0 Å². The Bertz CT molecular complexity index is 2570. The van der Waals surface area contributed by atoms with Gasteiger partial charge in [-0.05, 0) is 141 Å². The topological polar surface area (TPSA) is 161 Å². The van der Waals surface area contributed by atoms with E-state index in [9.17, 15) is 18.0 Å². The van der Waals surface area contributed by atoms with Gasteiger partial charge in [-0.1, -0.05) is 95.8 Å². The summed E-state index contributed by atoms with van der Waals surface area (Å²) in [6, 6.07) is 22.1. The number of carbonyl (C=O) groups is 2. The number of ether oxygens (including phenoxy) is 8. The summed E-state index contributed by atoms with van der Waals surface area (Å²) in [4.78, 5) is 27.2. The molecule has 79 heavy (non-hydrogen) atoms. The molecule has 0 saturated carbocycles. The first-order valence-electron chi connectivity index (χ1n) is 28.1. The largest absolute Gasteiger partial charge is 0.497 e. The lowest BCUT2D eigenvalue weighted by Gasteiger charge is -2.42. The molecule has 14 nitrogen and oxygen atoms in total. The highest BCUT2D eigenvalue weighted by atomic mass is 127. The molecule has 3 fully saturated rings. The molecular formula is C61H91IO14SSi2. The molecule has 3 aliphatic heterocycles. The number of fused-ring (bicyclic) bond motifs is 1. The van der Waals surface area contributed by atoms with Crippen LogP contribution < -0.4 is 9.47 Å². The Morgan fingerprint density at radius 3 is 1.92 bits per heavy atom. The van der Waals surface area contributed by atoms with Crippen LogP contribution in [0.3, 0.4) is 0 Å². The molecule has 0 N–H and O–H groups in total. The highest BCUT2D eigenvalue weighted by molar-refractivity contribution is 14.1. The van der Waals surface area contributed by atoms with E-state index < -0.39 is 68.4 Å². The van der Waals surface area contributed by atoms with Gasteiger partial charge in [0.05, 0.1) is 91.9 Å². The molecule has 0 bridgehead atoms. The third-order valence-corrected chi connectivity index (χ3v) is 29.6. The van der Waals surface area contributed by atoms with Crippen LogP contribution in [0.15, 0.2) is 95.9 Å². The fourth-order valence-electron chi connectivity index (χ4n) is 10.5. The van der Waals surface area contributed by atoms with E-state index in [4.69, 9.17) is 46.7 Å². The molecule has 2 unspecified atom stereocenters. The van der Waals surface area contributed by atoms with Crippen LogP contribution in [0.5, 0.6) is 11.5 Å². The van der Waals surface area contributed by atoms with E-state index in [1.165, 1.54) is 0 Å². The number of rotatable bonds is 27. The lowest BCUT2D eigenvalue weighted by molar-refractivity contribution is -0.155. The fourth-order valence-corrected chi connectivity index (χ4v) is 15.6. The lowest BCUT2D eigenvalue weighted by Crippen LogP contribution is -2.50. The molecule has 0 aromatic heterocycles. The van der Waals surface area contributed by atoms with Gasteiger partial charge < -0.3 is 46.7 Å². The van der Waals surface area contributed by atoms with E-state index in [-0.39, 0.29) is 70.1 Å². The van der Waals surface area contributed by atoms with Crippen molar-refractivity contribution in [1.82, 2.24) is 0 Å². The van der Waals surface area contributed by atoms with Crippen LogP contribution in [0.1, 0.15) is 121 Å². The lowest BCUT2D eigenvalue weighted by atomic mass is 9.83. The van der Waals surface area contributed by atoms with Gasteiger partial charge in [-0.3, -0.25) is 0 Å². The summed E-state index contributed by atoms with van der Waals surface area (Å²) in [7, 11) is -3.70. The van der Waals surface area contributed by atoms with Crippen LogP contribution in [-0.4, -0.2) is 136 Å². The van der Waals surface area contributed by atoms with E-state index in [0.29, 0.717) is 54.1 Å². The van der Waals surface area contributed by atoms with Gasteiger partial charge in [0, 0.05) is 36.7 Å². The zero-order valence-corrected chi connectivity index (χ0v) is 54.4. The molecule has 0 radical (unpaired) electrons. The van der Waals surface area contributed by atoms with Crippen LogP contribution >= 0.6 is 22.6 Å². The molecule has 440 valence electrons. The summed E-state index contributed by atoms with van der Waals surface area (Å²) < 4.78 is 93.8. The first-order chi connectivity index (χ1) is 37.1. The smallest absolute Gasteiger partial charge is 0.338 e. The summed E-state index contributed by atoms with van der Waals surface area (Å²) in [5.41, 5.74) is 0.989. The Morgan fingerprint density at radius 2 is 1.37 bits per heavy atom. The van der Waals surface area contributed by atoms with E-state index in [1.54, 1.807) is 100 Å². The van der Waals surface area contributed by atoms with Gasteiger partial charge in [-0.25, -0.2) is 18.0 Å². The van der Waals surface area contributed by atoms with Crippen molar-refractivity contribution in [3.63, 3.8) is 0 Å². The molecule has 3 saturated heterocycles. The second-order valence-electron chi connectivity index (χ2n) is 25.0. The Morgan fingerprint density at radius 1 is 0.772 bits per heavy atom. The van der Waals surface area contributed by atoms with Crippen LogP contribution in [0.4, 0.5) is 0 Å². The van der Waals surface area contributed by atoms with Gasteiger partial charge in [-0.15, -0.1) is 0 Å². The number of alkyl halides is 1. The van der Waals surface area contributed by atoms with Crippen LogP contribution in [0.2, 0.25) is 36.3 Å². The van der Waals surface area contributed by atoms with Gasteiger partial charge in [0.25, 0.3) is 0 Å². The average molecular weight is 1260 g/mol. The Kier molecular flexibility index (Phi) is 22.6. The zero-order valence-electron chi connectivity index (χ0n) is 49.5. The third-order valence-electron chi connectivity index (χ3n) is 17.4. The maximum absolute atomic E-state index is 14.5. The monoisotopic (exact) mass is 1260 g/mol. The number of halogens is 1. The molecule has 18 heteroatoms. The Balaban J connectivity index is 1.24. The molecule has 3 aromatic carbocycles. The second-order valence-corrected chi connectivity index (χ2v) is 37.4. The van der Waals surface area contributed by atoms with E-state index in [1.807, 2.05) is 0 Å². The SMILES string of the molecule is C=C([C@H](C)CC1CC[C@@H]2O[C@@H](CCCOC(=O)c3ccc(OC)cc3)C[C@]2(CI)O1)[C@@H](C[C@@H]1O[C@H](CC(CO[Si](C)(C)C(C)(C)C)O[Si](C)(C)C(C)(C)C)[C@H](OC)[C@H]1CS(=O)(=O)c1ccccc1)OC(=O)c1ccc(OC)cc1. The molecule has 0 amide bonds. The summed E-state index contributed by atoms with van der Waals surface area (Å²) in [6.45, 7) is 29.6. The highest BCUT2D eigenvalue weighted by Crippen LogP contribution is 2.47. The molecule has 3 heterocycles. The summed E-state index contributed by atoms with van der Waals surface area (Å²) in [6.07, 6.45) is 1.30. The van der Waals surface area contributed by atoms with Gasteiger partial charge in [-0.2, -0.15) is 0 Å². The average Bonchev–Trinajstić information content (AvgIpc) is 4.19.